The molecule has 0 aliphatic rings. The van der Waals surface area contributed by atoms with Gasteiger partial charge >= 0.3 is 0 Å². The molecule has 1 N–H and O–H groups in total. The van der Waals surface area contributed by atoms with E-state index in [1.807, 2.05) is 12.1 Å². The molecular weight excluding hydrogens is 249 g/mol. The molecule has 114 valence electrons. The van der Waals surface area contributed by atoms with Gasteiger partial charge in [-0.05, 0) is 55.5 Å². The Labute approximate surface area is 124 Å². The van der Waals surface area contributed by atoms with Crippen LogP contribution in [0.5, 0.6) is 0 Å². The molecule has 0 aromatic heterocycles. The second-order valence-corrected chi connectivity index (χ2v) is 6.25. The zero-order valence-corrected chi connectivity index (χ0v) is 13.3. The average Bonchev–Trinajstić information content (AvgIpc) is 2.38. The third-order valence-electron chi connectivity index (χ3n) is 3.61. The molecule has 1 aromatic carbocycles. The Hall–Kier alpha value is -0.890. The lowest BCUT2D eigenvalue weighted by molar-refractivity contribution is 0.409. The van der Waals surface area contributed by atoms with Crippen LogP contribution in [0.4, 0.5) is 4.39 Å². The van der Waals surface area contributed by atoms with E-state index in [4.69, 9.17) is 0 Å². The van der Waals surface area contributed by atoms with E-state index in [9.17, 15) is 4.39 Å². The van der Waals surface area contributed by atoms with E-state index < -0.39 is 0 Å². The summed E-state index contributed by atoms with van der Waals surface area (Å²) >= 11 is 0. The van der Waals surface area contributed by atoms with Gasteiger partial charge in [0, 0.05) is 0 Å². The van der Waals surface area contributed by atoms with Crippen LogP contribution < -0.4 is 5.32 Å². The molecule has 20 heavy (non-hydrogen) atoms. The van der Waals surface area contributed by atoms with Gasteiger partial charge in [-0.3, -0.25) is 0 Å². The maximum atomic E-state index is 13.3. The van der Waals surface area contributed by atoms with Gasteiger partial charge in [-0.2, -0.15) is 0 Å². The minimum atomic E-state index is -0.120. The summed E-state index contributed by atoms with van der Waals surface area (Å²) in [4.78, 5) is 0. The number of hydrogen-bond donors (Lipinski definition) is 1. The van der Waals surface area contributed by atoms with E-state index in [1.54, 1.807) is 6.07 Å². The lowest BCUT2D eigenvalue weighted by Gasteiger charge is -2.18. The van der Waals surface area contributed by atoms with Crippen molar-refractivity contribution < 1.29 is 4.39 Å². The summed E-state index contributed by atoms with van der Waals surface area (Å²) < 4.78 is 13.3. The van der Waals surface area contributed by atoms with Crippen molar-refractivity contribution in [1.82, 2.24) is 5.32 Å². The Morgan fingerprint density at radius 2 is 1.95 bits per heavy atom. The quantitative estimate of drug-likeness (QED) is 0.606. The van der Waals surface area contributed by atoms with Crippen molar-refractivity contribution in [1.29, 1.82) is 0 Å². The Morgan fingerprint density at radius 1 is 1.15 bits per heavy atom. The van der Waals surface area contributed by atoms with Gasteiger partial charge < -0.3 is 5.32 Å². The van der Waals surface area contributed by atoms with Gasteiger partial charge in [0.15, 0.2) is 0 Å². The molecule has 1 rings (SSSR count). The van der Waals surface area contributed by atoms with Crippen LogP contribution in [-0.4, -0.2) is 13.1 Å². The summed E-state index contributed by atoms with van der Waals surface area (Å²) in [7, 11) is 0. The molecule has 0 bridgehead atoms. The van der Waals surface area contributed by atoms with E-state index in [0.717, 1.165) is 25.1 Å². The molecule has 0 fully saturated rings. The maximum Gasteiger partial charge on any atom is 0.123 e. The van der Waals surface area contributed by atoms with Gasteiger partial charge in [0.05, 0.1) is 0 Å². The summed E-state index contributed by atoms with van der Waals surface area (Å²) in [5.41, 5.74) is 1.12. The predicted molar refractivity (Wildman–Crippen MR) is 85.4 cm³/mol. The van der Waals surface area contributed by atoms with E-state index in [-0.39, 0.29) is 5.82 Å². The third kappa shape index (κ3) is 7.64. The number of hydrogen-bond acceptors (Lipinski definition) is 1. The van der Waals surface area contributed by atoms with Crippen molar-refractivity contribution in [2.75, 3.05) is 13.1 Å². The van der Waals surface area contributed by atoms with Crippen LogP contribution in [0, 0.1) is 17.7 Å². The zero-order valence-electron chi connectivity index (χ0n) is 13.3. The van der Waals surface area contributed by atoms with Gasteiger partial charge in [0.25, 0.3) is 0 Å². The van der Waals surface area contributed by atoms with Crippen LogP contribution in [-0.2, 0) is 6.42 Å². The molecule has 0 aliphatic carbocycles. The molecule has 0 spiro atoms. The van der Waals surface area contributed by atoms with Crippen LogP contribution in [0.3, 0.4) is 0 Å². The molecule has 0 heterocycles. The monoisotopic (exact) mass is 279 g/mol. The Morgan fingerprint density at radius 3 is 2.60 bits per heavy atom. The molecule has 0 radical (unpaired) electrons. The van der Waals surface area contributed by atoms with Crippen LogP contribution in [0.25, 0.3) is 0 Å². The maximum absolute atomic E-state index is 13.3. The highest BCUT2D eigenvalue weighted by molar-refractivity contribution is 5.16. The smallest absolute Gasteiger partial charge is 0.123 e. The van der Waals surface area contributed by atoms with E-state index in [0.29, 0.717) is 11.8 Å². The Bertz CT molecular complexity index is 362. The minimum absolute atomic E-state index is 0.120. The van der Waals surface area contributed by atoms with Gasteiger partial charge in [-0.1, -0.05) is 52.2 Å². The number of nitrogens with one attached hydrogen (secondary N) is 1. The van der Waals surface area contributed by atoms with Gasteiger partial charge in [0.2, 0.25) is 0 Å². The van der Waals surface area contributed by atoms with Crippen LogP contribution in [0.15, 0.2) is 24.3 Å². The fraction of sp³-hybridized carbons (Fsp3) is 0.667. The molecular formula is C18H30FN. The lowest BCUT2D eigenvalue weighted by Crippen LogP contribution is -2.27. The zero-order chi connectivity index (χ0) is 14.8. The lowest BCUT2D eigenvalue weighted by atomic mass is 9.93. The second kappa shape index (κ2) is 9.93. The number of rotatable bonds is 10. The summed E-state index contributed by atoms with van der Waals surface area (Å²) in [5.74, 6) is 1.17. The molecule has 0 aliphatic heterocycles. The highest BCUT2D eigenvalue weighted by atomic mass is 19.1. The van der Waals surface area contributed by atoms with Gasteiger partial charge in [0.1, 0.15) is 5.82 Å². The predicted octanol–water partition coefficient (Wildman–Crippen LogP) is 4.81. The minimum Gasteiger partial charge on any atom is -0.316 e. The molecule has 0 amide bonds. The van der Waals surface area contributed by atoms with Crippen LogP contribution >= 0.6 is 0 Å². The number of halogens is 1. The Balaban J connectivity index is 2.47. The number of unbranched alkanes of at least 4 members (excludes halogenated alkanes) is 2. The molecule has 0 saturated heterocycles. The first-order valence-electron chi connectivity index (χ1n) is 8.07. The fourth-order valence-corrected chi connectivity index (χ4v) is 2.53. The van der Waals surface area contributed by atoms with Crippen molar-refractivity contribution in [2.24, 2.45) is 11.8 Å². The summed E-state index contributed by atoms with van der Waals surface area (Å²) in [6.45, 7) is 8.79. The largest absolute Gasteiger partial charge is 0.316 e. The van der Waals surface area contributed by atoms with E-state index in [2.05, 4.69) is 26.1 Å². The molecule has 1 aromatic rings. The summed E-state index contributed by atoms with van der Waals surface area (Å²) in [6.07, 6.45) is 6.04. The first-order chi connectivity index (χ1) is 9.61. The molecule has 1 atom stereocenters. The third-order valence-corrected chi connectivity index (χ3v) is 3.61. The van der Waals surface area contributed by atoms with E-state index >= 15 is 0 Å². The second-order valence-electron chi connectivity index (χ2n) is 6.25. The van der Waals surface area contributed by atoms with E-state index in [1.165, 1.54) is 31.7 Å². The van der Waals surface area contributed by atoms with Gasteiger partial charge in [-0.15, -0.1) is 0 Å². The molecule has 1 nitrogen and oxygen atoms in total. The van der Waals surface area contributed by atoms with Crippen molar-refractivity contribution in [3.63, 3.8) is 0 Å². The molecule has 1 unspecified atom stereocenters. The highest BCUT2D eigenvalue weighted by Gasteiger charge is 2.10. The van der Waals surface area contributed by atoms with Gasteiger partial charge in [-0.25, -0.2) is 4.39 Å². The van der Waals surface area contributed by atoms with Crippen LogP contribution in [0.2, 0.25) is 0 Å². The van der Waals surface area contributed by atoms with Crippen LogP contribution in [0.1, 0.15) is 52.0 Å². The van der Waals surface area contributed by atoms with Crippen molar-refractivity contribution in [2.45, 2.75) is 52.9 Å². The topological polar surface area (TPSA) is 12.0 Å². The highest BCUT2D eigenvalue weighted by Crippen LogP contribution is 2.16. The average molecular weight is 279 g/mol. The van der Waals surface area contributed by atoms with Crippen molar-refractivity contribution >= 4 is 0 Å². The number of benzene rings is 1. The normalized spacial score (nSPS) is 12.8. The SMILES string of the molecule is CCCCCC(CNCC(C)C)Cc1cccc(F)c1. The Kier molecular flexibility index (Phi) is 8.52. The summed E-state index contributed by atoms with van der Waals surface area (Å²) in [5, 5.41) is 3.55. The van der Waals surface area contributed by atoms with Crippen molar-refractivity contribution in [3.8, 4) is 0 Å². The molecule has 0 saturated carbocycles. The standard InChI is InChI=1S/C18H30FN/c1-4-5-6-8-17(14-20-13-15(2)3)11-16-9-7-10-18(19)12-16/h7,9-10,12,15,17,20H,4-6,8,11,13-14H2,1-3H3. The van der Waals surface area contributed by atoms with Crippen molar-refractivity contribution in [3.05, 3.63) is 35.6 Å². The molecule has 2 heteroatoms. The summed E-state index contributed by atoms with van der Waals surface area (Å²) in [6, 6.07) is 7.05. The first kappa shape index (κ1) is 17.2. The fourth-order valence-electron chi connectivity index (χ4n) is 2.53. The first-order valence-corrected chi connectivity index (χ1v) is 8.07.